The maximum Gasteiger partial charge on any atom is 0.190 e. The molecule has 23 heavy (non-hydrogen) atoms. The Morgan fingerprint density at radius 1 is 1.26 bits per heavy atom. The molecule has 1 aromatic heterocycles. The van der Waals surface area contributed by atoms with Crippen molar-refractivity contribution in [2.45, 2.75) is 17.3 Å². The van der Waals surface area contributed by atoms with Crippen molar-refractivity contribution in [2.75, 3.05) is 0 Å². The molecule has 0 aliphatic heterocycles. The number of halogens is 1. The molecule has 3 nitrogen and oxygen atoms in total. The fourth-order valence-electron chi connectivity index (χ4n) is 2.17. The summed E-state index contributed by atoms with van der Waals surface area (Å²) >= 11 is 1.42. The predicted octanol–water partition coefficient (Wildman–Crippen LogP) is 4.09. The van der Waals surface area contributed by atoms with E-state index in [9.17, 15) is 9.18 Å². The highest BCUT2D eigenvalue weighted by Gasteiger charge is 2.12. The highest BCUT2D eigenvalue weighted by atomic mass is 32.2. The number of thioether (sulfide) groups is 1. The van der Waals surface area contributed by atoms with Crippen molar-refractivity contribution in [1.29, 1.82) is 5.26 Å². The molecule has 0 bridgehead atoms. The Balaban J connectivity index is 2.41. The van der Waals surface area contributed by atoms with E-state index in [1.54, 1.807) is 22.8 Å². The summed E-state index contributed by atoms with van der Waals surface area (Å²) in [6.07, 6.45) is 3.03. The van der Waals surface area contributed by atoms with Gasteiger partial charge in [0.1, 0.15) is 12.4 Å². The third kappa shape index (κ3) is 3.79. The van der Waals surface area contributed by atoms with Crippen LogP contribution < -0.4 is 5.43 Å². The number of nitriles is 1. The molecular weight excluding hydrogens is 311 g/mol. The number of nitrogens with zero attached hydrogens (tertiary/aromatic N) is 2. The molecule has 2 aromatic rings. The first-order valence-corrected chi connectivity index (χ1v) is 7.86. The molecule has 116 valence electrons. The minimum atomic E-state index is -0.288. The summed E-state index contributed by atoms with van der Waals surface area (Å²) in [7, 11) is 0. The lowest BCUT2D eigenvalue weighted by Gasteiger charge is -2.15. The van der Waals surface area contributed by atoms with Crippen molar-refractivity contribution < 1.29 is 4.39 Å². The van der Waals surface area contributed by atoms with Gasteiger partial charge < -0.3 is 4.57 Å². The van der Waals surface area contributed by atoms with Crippen molar-refractivity contribution in [3.63, 3.8) is 0 Å². The third-order valence-corrected chi connectivity index (χ3v) is 4.39. The fraction of sp³-hybridized carbons (Fsp3) is 0.111. The number of aromatic nitrogens is 1. The molecule has 0 aliphatic rings. The largest absolute Gasteiger partial charge is 0.322 e. The Labute approximate surface area is 138 Å². The van der Waals surface area contributed by atoms with E-state index < -0.39 is 0 Å². The molecule has 5 heteroatoms. The molecule has 1 heterocycles. The summed E-state index contributed by atoms with van der Waals surface area (Å²) in [5.74, 6) is 0.277. The highest BCUT2D eigenvalue weighted by molar-refractivity contribution is 7.98. The Morgan fingerprint density at radius 2 is 1.96 bits per heavy atom. The second kappa shape index (κ2) is 7.61. The molecule has 0 radical (unpaired) electrons. The summed E-state index contributed by atoms with van der Waals surface area (Å²) < 4.78 is 14.7. The molecule has 0 spiro atoms. The van der Waals surface area contributed by atoms with Gasteiger partial charge in [-0.3, -0.25) is 4.79 Å². The van der Waals surface area contributed by atoms with Crippen LogP contribution in [0.5, 0.6) is 0 Å². The average Bonchev–Trinajstić information content (AvgIpc) is 2.55. The molecule has 0 atom stereocenters. The molecule has 0 saturated carbocycles. The van der Waals surface area contributed by atoms with Crippen LogP contribution in [0.1, 0.15) is 16.8 Å². The van der Waals surface area contributed by atoms with Crippen LogP contribution in [0.15, 0.2) is 53.3 Å². The summed E-state index contributed by atoms with van der Waals surface area (Å²) in [5, 5.41) is 9.72. The van der Waals surface area contributed by atoms with E-state index in [2.05, 4.69) is 19.2 Å². The SMILES string of the molecule is C=Cc1c(C=C)n(CC#N)c(SCc2ccc(F)cc2)cc1=O. The van der Waals surface area contributed by atoms with Gasteiger partial charge in [-0.25, -0.2) is 4.39 Å². The first-order valence-electron chi connectivity index (χ1n) is 6.87. The van der Waals surface area contributed by atoms with Crippen molar-refractivity contribution in [3.8, 4) is 6.07 Å². The normalized spacial score (nSPS) is 10.1. The lowest BCUT2D eigenvalue weighted by atomic mass is 10.1. The molecule has 0 amide bonds. The molecule has 0 aliphatic carbocycles. The van der Waals surface area contributed by atoms with Gasteiger partial charge in [0.15, 0.2) is 5.43 Å². The summed E-state index contributed by atoms with van der Waals surface area (Å²) in [5.41, 5.74) is 1.78. The fourth-order valence-corrected chi connectivity index (χ4v) is 3.19. The average molecular weight is 326 g/mol. The number of hydrogen-bond donors (Lipinski definition) is 0. The van der Waals surface area contributed by atoms with E-state index in [4.69, 9.17) is 5.26 Å². The van der Waals surface area contributed by atoms with Gasteiger partial charge in [-0.2, -0.15) is 5.26 Å². The Morgan fingerprint density at radius 3 is 2.52 bits per heavy atom. The van der Waals surface area contributed by atoms with Crippen LogP contribution in [-0.4, -0.2) is 4.57 Å². The standard InChI is InChI=1S/C18H15FN2OS/c1-3-15-16(4-2)21(10-9-20)18(11-17(15)22)23-12-13-5-7-14(19)8-6-13/h3-8,11H,1-2,10,12H2. The maximum atomic E-state index is 12.9. The zero-order valence-electron chi connectivity index (χ0n) is 12.5. The topological polar surface area (TPSA) is 45.8 Å². The van der Waals surface area contributed by atoms with E-state index in [0.29, 0.717) is 22.0 Å². The van der Waals surface area contributed by atoms with Gasteiger partial charge >= 0.3 is 0 Å². The van der Waals surface area contributed by atoms with Crippen LogP contribution in [0.2, 0.25) is 0 Å². The van der Waals surface area contributed by atoms with Crippen molar-refractivity contribution >= 4 is 23.9 Å². The molecule has 1 aromatic carbocycles. The van der Waals surface area contributed by atoms with Crippen LogP contribution >= 0.6 is 11.8 Å². The third-order valence-electron chi connectivity index (χ3n) is 3.28. The van der Waals surface area contributed by atoms with E-state index in [1.807, 2.05) is 0 Å². The quantitative estimate of drug-likeness (QED) is 0.751. The van der Waals surface area contributed by atoms with Gasteiger partial charge in [0, 0.05) is 17.4 Å². The zero-order valence-corrected chi connectivity index (χ0v) is 13.3. The Hall–Kier alpha value is -2.58. The minimum absolute atomic E-state index is 0.105. The highest BCUT2D eigenvalue weighted by Crippen LogP contribution is 2.25. The van der Waals surface area contributed by atoms with Gasteiger partial charge in [-0.1, -0.05) is 31.4 Å². The van der Waals surface area contributed by atoms with Crippen LogP contribution in [0, 0.1) is 17.1 Å². The Bertz CT molecular complexity index is 832. The van der Waals surface area contributed by atoms with Gasteiger partial charge in [0.25, 0.3) is 0 Å². The van der Waals surface area contributed by atoms with Crippen LogP contribution in [-0.2, 0) is 12.3 Å². The molecule has 0 fully saturated rings. The second-order valence-electron chi connectivity index (χ2n) is 4.71. The molecule has 0 unspecified atom stereocenters. The second-order valence-corrected chi connectivity index (χ2v) is 5.71. The van der Waals surface area contributed by atoms with Crippen LogP contribution in [0.3, 0.4) is 0 Å². The Kier molecular flexibility index (Phi) is 5.56. The van der Waals surface area contributed by atoms with Gasteiger partial charge in [-0.05, 0) is 23.8 Å². The number of benzene rings is 1. The molecule has 0 N–H and O–H groups in total. The minimum Gasteiger partial charge on any atom is -0.322 e. The van der Waals surface area contributed by atoms with Crippen molar-refractivity contribution in [3.05, 3.63) is 76.4 Å². The summed E-state index contributed by atoms with van der Waals surface area (Å²) in [6.45, 7) is 7.48. The maximum absolute atomic E-state index is 12.9. The first kappa shape index (κ1) is 16.8. The van der Waals surface area contributed by atoms with E-state index in [-0.39, 0.29) is 17.8 Å². The van der Waals surface area contributed by atoms with E-state index in [1.165, 1.54) is 36.0 Å². The van der Waals surface area contributed by atoms with Crippen LogP contribution in [0.25, 0.3) is 12.2 Å². The molecule has 2 rings (SSSR count). The van der Waals surface area contributed by atoms with Crippen molar-refractivity contribution in [1.82, 2.24) is 4.57 Å². The number of pyridine rings is 1. The summed E-state index contributed by atoms with van der Waals surface area (Å²) in [4.78, 5) is 12.2. The predicted molar refractivity (Wildman–Crippen MR) is 92.5 cm³/mol. The van der Waals surface area contributed by atoms with Crippen LogP contribution in [0.4, 0.5) is 4.39 Å². The monoisotopic (exact) mass is 326 g/mol. The number of hydrogen-bond acceptors (Lipinski definition) is 3. The lowest BCUT2D eigenvalue weighted by molar-refractivity contribution is 0.627. The van der Waals surface area contributed by atoms with Gasteiger partial charge in [0.2, 0.25) is 0 Å². The van der Waals surface area contributed by atoms with E-state index >= 15 is 0 Å². The smallest absolute Gasteiger partial charge is 0.190 e. The molecular formula is C18H15FN2OS. The first-order chi connectivity index (χ1) is 11.1. The molecule has 0 saturated heterocycles. The number of rotatable bonds is 6. The van der Waals surface area contributed by atoms with Gasteiger partial charge in [0.05, 0.1) is 16.8 Å². The van der Waals surface area contributed by atoms with Crippen molar-refractivity contribution in [2.24, 2.45) is 0 Å². The summed E-state index contributed by atoms with van der Waals surface area (Å²) in [6, 6.07) is 9.77. The zero-order chi connectivity index (χ0) is 16.8. The van der Waals surface area contributed by atoms with E-state index in [0.717, 1.165) is 5.56 Å². The lowest BCUT2D eigenvalue weighted by Crippen LogP contribution is -2.16. The van der Waals surface area contributed by atoms with Gasteiger partial charge in [-0.15, -0.1) is 11.8 Å².